The summed E-state index contributed by atoms with van der Waals surface area (Å²) >= 11 is 0. The van der Waals surface area contributed by atoms with Gasteiger partial charge in [0.2, 0.25) is 10.0 Å². The Morgan fingerprint density at radius 3 is 2.55 bits per heavy atom. The Hall–Kier alpha value is -3.84. The molecule has 1 fully saturated rings. The summed E-state index contributed by atoms with van der Waals surface area (Å²) in [5, 5.41) is 8.49. The van der Waals surface area contributed by atoms with Gasteiger partial charge in [-0.05, 0) is 60.9 Å². The third-order valence-corrected chi connectivity index (χ3v) is 9.37. The van der Waals surface area contributed by atoms with Crippen molar-refractivity contribution in [1.82, 2.24) is 28.9 Å². The van der Waals surface area contributed by atoms with Gasteiger partial charge < -0.3 is 0 Å². The molecular weight excluding hydrogens is 548 g/mol. The molecule has 40 heavy (non-hydrogen) atoms. The molecule has 1 aromatic carbocycles. The van der Waals surface area contributed by atoms with Crippen LogP contribution in [0.2, 0.25) is 0 Å². The van der Waals surface area contributed by atoms with Crippen LogP contribution in [0.15, 0.2) is 71.7 Å². The third-order valence-electron chi connectivity index (χ3n) is 7.57. The molecule has 3 aromatic heterocycles. The van der Waals surface area contributed by atoms with E-state index in [-0.39, 0.29) is 35.9 Å². The maximum atomic E-state index is 13.6. The number of hydrogen-bond acceptors (Lipinski definition) is 5. The average Bonchev–Trinajstić information content (AvgIpc) is 3.53. The minimum absolute atomic E-state index is 0.0507. The van der Waals surface area contributed by atoms with E-state index in [1.165, 1.54) is 33.5 Å². The molecule has 13 heteroatoms. The van der Waals surface area contributed by atoms with E-state index in [4.69, 9.17) is 0 Å². The topological polar surface area (TPSA) is 85.9 Å². The first kappa shape index (κ1) is 26.4. The van der Waals surface area contributed by atoms with Gasteiger partial charge in [-0.25, -0.2) is 17.5 Å². The van der Waals surface area contributed by atoms with Gasteiger partial charge in [0.25, 0.3) is 0 Å². The molecule has 4 aromatic rings. The van der Waals surface area contributed by atoms with Crippen molar-refractivity contribution < 1.29 is 26.0 Å². The summed E-state index contributed by atoms with van der Waals surface area (Å²) in [6.07, 6.45) is 3.72. The Morgan fingerprint density at radius 2 is 1.85 bits per heavy atom. The van der Waals surface area contributed by atoms with Crippen LogP contribution >= 0.6 is 0 Å². The molecule has 8 nitrogen and oxygen atoms in total. The molecule has 0 N–H and O–H groups in total. The van der Waals surface area contributed by atoms with E-state index in [9.17, 15) is 26.0 Å². The number of aromatic nitrogens is 5. The Morgan fingerprint density at radius 1 is 1.07 bits per heavy atom. The smallest absolute Gasteiger partial charge is 0.274 e. The van der Waals surface area contributed by atoms with E-state index in [1.807, 2.05) is 6.08 Å². The number of halogens is 4. The number of rotatable bonds is 5. The van der Waals surface area contributed by atoms with E-state index in [2.05, 4.69) is 15.2 Å². The van der Waals surface area contributed by atoms with Crippen molar-refractivity contribution in [1.29, 1.82) is 0 Å². The monoisotopic (exact) mass is 572 g/mol. The molecule has 0 spiro atoms. The molecule has 4 heterocycles. The summed E-state index contributed by atoms with van der Waals surface area (Å²) in [6, 6.07) is 7.84. The van der Waals surface area contributed by atoms with Crippen molar-refractivity contribution in [3.05, 3.63) is 95.1 Å². The molecule has 1 aliphatic heterocycles. The number of piperidine rings is 1. The lowest BCUT2D eigenvalue weighted by molar-refractivity contribution is -0.137. The third kappa shape index (κ3) is 4.62. The van der Waals surface area contributed by atoms with Gasteiger partial charge in [-0.15, -0.1) is 0 Å². The first-order valence-corrected chi connectivity index (χ1v) is 13.9. The second-order valence-electron chi connectivity index (χ2n) is 10.2. The van der Waals surface area contributed by atoms with Crippen LogP contribution in [0.25, 0.3) is 11.8 Å². The van der Waals surface area contributed by atoms with Crippen molar-refractivity contribution in [3.63, 3.8) is 0 Å². The molecular formula is C27H24F4N6O2S. The number of fused-ring (bicyclic) bond motifs is 2. The second kappa shape index (κ2) is 9.37. The molecule has 0 bridgehead atoms. The molecule has 0 amide bonds. The van der Waals surface area contributed by atoms with E-state index < -0.39 is 27.2 Å². The average molecular weight is 573 g/mol. The van der Waals surface area contributed by atoms with Crippen molar-refractivity contribution in [2.24, 2.45) is 12.5 Å². The Kier molecular flexibility index (Phi) is 6.18. The van der Waals surface area contributed by atoms with Crippen LogP contribution in [0, 0.1) is 11.2 Å². The summed E-state index contributed by atoms with van der Waals surface area (Å²) in [5.74, 6) is -0.377. The minimum atomic E-state index is -4.54. The number of pyridine rings is 1. The number of benzene rings is 1. The predicted octanol–water partition coefficient (Wildman–Crippen LogP) is 4.42. The van der Waals surface area contributed by atoms with Crippen molar-refractivity contribution in [2.75, 3.05) is 13.1 Å². The maximum Gasteiger partial charge on any atom is 0.416 e. The molecule has 1 atom stereocenters. The SMILES string of the molecule is Cn1cc(S(=O)(=O)N2CCC3=Cc4c(cnn4-c4ccc(F)cc4)C[C@]3(Cc3cc(C(F)(F)F)ccn3)C2)cn1. The standard InChI is InChI=1S/C27H24F4N6O2S/c1-35-16-24(15-33-35)40(38,39)36-9-7-19-11-25-18(14-34-37(25)23-4-2-21(28)3-5-23)12-26(19,17-36)13-22-10-20(6-8-32-22)27(29,30)31/h2-6,8,10-11,14-16H,7,9,12-13,17H2,1H3/t26-/m0/s1. The lowest BCUT2D eigenvalue weighted by Crippen LogP contribution is -2.50. The van der Waals surface area contributed by atoms with E-state index in [0.29, 0.717) is 18.5 Å². The fourth-order valence-electron chi connectivity index (χ4n) is 5.64. The van der Waals surface area contributed by atoms with Gasteiger partial charge in [-0.3, -0.25) is 9.67 Å². The summed E-state index contributed by atoms with van der Waals surface area (Å²) in [5.41, 5.74) is 1.70. The quantitative estimate of drug-likeness (QED) is 0.331. The van der Waals surface area contributed by atoms with E-state index >= 15 is 0 Å². The summed E-state index contributed by atoms with van der Waals surface area (Å²) in [4.78, 5) is 4.28. The first-order valence-electron chi connectivity index (χ1n) is 12.5. The number of aryl methyl sites for hydroxylation is 1. The summed E-state index contributed by atoms with van der Waals surface area (Å²) in [7, 11) is -2.28. The number of sulfonamides is 1. The Balaban J connectivity index is 1.43. The van der Waals surface area contributed by atoms with Crippen molar-refractivity contribution in [2.45, 2.75) is 30.3 Å². The highest BCUT2D eigenvalue weighted by atomic mass is 32.2. The highest BCUT2D eigenvalue weighted by molar-refractivity contribution is 7.89. The fraction of sp³-hybridized carbons (Fsp3) is 0.296. The normalized spacial score (nSPS) is 19.7. The van der Waals surface area contributed by atoms with Gasteiger partial charge in [0, 0.05) is 50.1 Å². The van der Waals surface area contributed by atoms with E-state index in [1.54, 1.807) is 30.1 Å². The van der Waals surface area contributed by atoms with Crippen molar-refractivity contribution in [3.8, 4) is 5.69 Å². The van der Waals surface area contributed by atoms with Gasteiger partial charge in [-0.1, -0.05) is 5.57 Å². The lowest BCUT2D eigenvalue weighted by atomic mass is 9.66. The predicted molar refractivity (Wildman–Crippen MR) is 137 cm³/mol. The zero-order valence-corrected chi connectivity index (χ0v) is 22.1. The van der Waals surface area contributed by atoms with Crippen LogP contribution in [-0.2, 0) is 36.1 Å². The van der Waals surface area contributed by atoms with Crippen LogP contribution in [-0.4, -0.2) is 50.4 Å². The molecule has 0 unspecified atom stereocenters. The van der Waals surface area contributed by atoms with Crippen LogP contribution in [0.1, 0.15) is 28.9 Å². The highest BCUT2D eigenvalue weighted by Crippen LogP contribution is 2.47. The maximum absolute atomic E-state index is 13.6. The Bertz CT molecular complexity index is 1730. The number of alkyl halides is 3. The summed E-state index contributed by atoms with van der Waals surface area (Å²) < 4.78 is 85.6. The lowest BCUT2D eigenvalue weighted by Gasteiger charge is -2.46. The van der Waals surface area contributed by atoms with Crippen LogP contribution in [0.3, 0.4) is 0 Å². The van der Waals surface area contributed by atoms with Gasteiger partial charge >= 0.3 is 6.18 Å². The second-order valence-corrected chi connectivity index (χ2v) is 12.2. The molecule has 2 aliphatic rings. The van der Waals surface area contributed by atoms with Gasteiger partial charge in [-0.2, -0.15) is 27.7 Å². The van der Waals surface area contributed by atoms with Crippen LogP contribution in [0.4, 0.5) is 17.6 Å². The largest absolute Gasteiger partial charge is 0.416 e. The van der Waals surface area contributed by atoms with E-state index in [0.717, 1.165) is 35.2 Å². The number of hydrogen-bond donors (Lipinski definition) is 0. The zero-order chi connectivity index (χ0) is 28.3. The van der Waals surface area contributed by atoms with Crippen LogP contribution < -0.4 is 0 Å². The number of nitrogens with zero attached hydrogens (tertiary/aromatic N) is 6. The molecule has 6 rings (SSSR count). The summed E-state index contributed by atoms with van der Waals surface area (Å²) in [6.45, 7) is 0.246. The fourth-order valence-corrected chi connectivity index (χ4v) is 7.15. The molecule has 208 valence electrons. The molecule has 1 saturated heterocycles. The first-order chi connectivity index (χ1) is 18.9. The minimum Gasteiger partial charge on any atom is -0.274 e. The molecule has 0 radical (unpaired) electrons. The van der Waals surface area contributed by atoms with Gasteiger partial charge in [0.05, 0.1) is 29.3 Å². The van der Waals surface area contributed by atoms with Crippen LogP contribution in [0.5, 0.6) is 0 Å². The zero-order valence-electron chi connectivity index (χ0n) is 21.3. The highest BCUT2D eigenvalue weighted by Gasteiger charge is 2.46. The van der Waals surface area contributed by atoms with Crippen molar-refractivity contribution >= 4 is 16.1 Å². The molecule has 1 aliphatic carbocycles. The van der Waals surface area contributed by atoms with Gasteiger partial charge in [0.1, 0.15) is 10.7 Å². The Labute approximate surface area is 227 Å². The molecule has 0 saturated carbocycles. The van der Waals surface area contributed by atoms with Gasteiger partial charge in [0.15, 0.2) is 0 Å².